The Kier molecular flexibility index (Phi) is 6.71. The summed E-state index contributed by atoms with van der Waals surface area (Å²) >= 11 is 16.6. The number of halogens is 2. The second kappa shape index (κ2) is 9.42. The minimum absolute atomic E-state index is 0.392. The Morgan fingerprint density at radius 3 is 2.75 bits per heavy atom. The first-order chi connectivity index (χ1) is 13.6. The summed E-state index contributed by atoms with van der Waals surface area (Å²) < 4.78 is 0. The van der Waals surface area contributed by atoms with Gasteiger partial charge >= 0.3 is 5.91 Å². The molecule has 0 unspecified atom stereocenters. The monoisotopic (exact) mass is 431 g/mol. The highest BCUT2D eigenvalue weighted by Crippen LogP contribution is 2.21. The summed E-state index contributed by atoms with van der Waals surface area (Å²) in [5.41, 5.74) is 3.25. The number of nitrogens with one attached hydrogen (secondary N) is 4. The molecule has 28 heavy (non-hydrogen) atoms. The SMILES string of the molecule is O=C(C#CCl)Nc1cc(Cl)ccc1CNC(=S)NCc1ccnc2[nH]ccc12. The van der Waals surface area contributed by atoms with Crippen molar-refractivity contribution in [3.05, 3.63) is 58.9 Å². The maximum atomic E-state index is 11.7. The quantitative estimate of drug-likeness (QED) is 0.367. The molecule has 3 aromatic rings. The number of carbonyl (C=O) groups excluding carboxylic acids is 1. The molecule has 0 saturated carbocycles. The van der Waals surface area contributed by atoms with Gasteiger partial charge in [-0.15, -0.1) is 0 Å². The highest BCUT2D eigenvalue weighted by Gasteiger charge is 2.08. The van der Waals surface area contributed by atoms with Crippen LogP contribution in [-0.2, 0) is 17.9 Å². The van der Waals surface area contributed by atoms with E-state index in [-0.39, 0.29) is 0 Å². The van der Waals surface area contributed by atoms with Crippen molar-refractivity contribution in [1.29, 1.82) is 0 Å². The zero-order valence-corrected chi connectivity index (χ0v) is 16.8. The van der Waals surface area contributed by atoms with Crippen molar-refractivity contribution in [3.8, 4) is 11.3 Å². The molecule has 4 N–H and O–H groups in total. The smallest absolute Gasteiger partial charge is 0.301 e. The van der Waals surface area contributed by atoms with Crippen molar-refractivity contribution in [2.45, 2.75) is 13.1 Å². The van der Waals surface area contributed by atoms with Crippen molar-refractivity contribution >= 4 is 63.2 Å². The minimum Gasteiger partial charge on any atom is -0.359 e. The fourth-order valence-electron chi connectivity index (χ4n) is 2.60. The van der Waals surface area contributed by atoms with E-state index in [1.807, 2.05) is 23.7 Å². The van der Waals surface area contributed by atoms with E-state index in [1.165, 1.54) is 0 Å². The van der Waals surface area contributed by atoms with Gasteiger partial charge in [0, 0.05) is 52.9 Å². The fraction of sp³-hybridized carbons (Fsp3) is 0.105. The summed E-state index contributed by atoms with van der Waals surface area (Å²) in [4.78, 5) is 19.0. The molecule has 0 aliphatic heterocycles. The van der Waals surface area contributed by atoms with Crippen LogP contribution in [0.1, 0.15) is 11.1 Å². The van der Waals surface area contributed by atoms with Gasteiger partial charge in [0.25, 0.3) is 0 Å². The average molecular weight is 432 g/mol. The summed E-state index contributed by atoms with van der Waals surface area (Å²) in [5.74, 6) is 1.69. The Labute approximate surface area is 177 Å². The van der Waals surface area contributed by atoms with E-state index in [4.69, 9.17) is 35.4 Å². The number of fused-ring (bicyclic) bond motifs is 1. The molecule has 2 aromatic heterocycles. The van der Waals surface area contributed by atoms with Crippen LogP contribution in [0.15, 0.2) is 42.7 Å². The summed E-state index contributed by atoms with van der Waals surface area (Å²) in [6, 6.07) is 9.09. The number of carbonyl (C=O) groups is 1. The Bertz CT molecular complexity index is 1090. The summed E-state index contributed by atoms with van der Waals surface area (Å²) in [7, 11) is 0. The van der Waals surface area contributed by atoms with E-state index in [1.54, 1.807) is 24.4 Å². The molecule has 9 heteroatoms. The molecule has 0 atom stereocenters. The zero-order valence-electron chi connectivity index (χ0n) is 14.5. The summed E-state index contributed by atoms with van der Waals surface area (Å²) in [6.07, 6.45) is 3.60. The summed E-state index contributed by atoms with van der Waals surface area (Å²) in [6.45, 7) is 0.945. The molecule has 2 heterocycles. The number of nitrogens with zero attached hydrogens (tertiary/aromatic N) is 1. The van der Waals surface area contributed by atoms with Gasteiger partial charge in [0.15, 0.2) is 5.11 Å². The molecule has 0 bridgehead atoms. The van der Waals surface area contributed by atoms with E-state index >= 15 is 0 Å². The fourth-order valence-corrected chi connectivity index (χ4v) is 3.00. The normalized spacial score (nSPS) is 10.1. The molecule has 0 fully saturated rings. The minimum atomic E-state index is -0.521. The van der Waals surface area contributed by atoms with Crippen LogP contribution in [0.3, 0.4) is 0 Å². The van der Waals surface area contributed by atoms with Gasteiger partial charge in [-0.3, -0.25) is 4.79 Å². The maximum absolute atomic E-state index is 11.7. The highest BCUT2D eigenvalue weighted by molar-refractivity contribution is 7.80. The lowest BCUT2D eigenvalue weighted by atomic mass is 10.1. The van der Waals surface area contributed by atoms with Crippen LogP contribution >= 0.6 is 35.4 Å². The molecule has 142 valence electrons. The van der Waals surface area contributed by atoms with Crippen LogP contribution < -0.4 is 16.0 Å². The zero-order chi connectivity index (χ0) is 19.9. The number of rotatable bonds is 5. The number of H-pyrrole nitrogens is 1. The summed E-state index contributed by atoms with van der Waals surface area (Å²) in [5, 5.41) is 13.0. The number of hydrogen-bond donors (Lipinski definition) is 4. The number of aromatic amines is 1. The largest absolute Gasteiger partial charge is 0.359 e. The van der Waals surface area contributed by atoms with Crippen LogP contribution in [0.25, 0.3) is 11.0 Å². The van der Waals surface area contributed by atoms with Gasteiger partial charge in [0.05, 0.1) is 0 Å². The molecule has 0 saturated heterocycles. The molecule has 0 spiro atoms. The first-order valence-electron chi connectivity index (χ1n) is 8.20. The van der Waals surface area contributed by atoms with Crippen LogP contribution in [0.5, 0.6) is 0 Å². The first kappa shape index (κ1) is 20.0. The van der Waals surface area contributed by atoms with Gasteiger partial charge in [0.1, 0.15) is 5.65 Å². The van der Waals surface area contributed by atoms with Gasteiger partial charge < -0.3 is 20.9 Å². The number of thiocarbonyl (C=S) groups is 1. The molecule has 0 aliphatic rings. The van der Waals surface area contributed by atoms with Crippen molar-refractivity contribution in [1.82, 2.24) is 20.6 Å². The van der Waals surface area contributed by atoms with Crippen LogP contribution in [-0.4, -0.2) is 21.0 Å². The number of aromatic nitrogens is 2. The first-order valence-corrected chi connectivity index (χ1v) is 9.37. The van der Waals surface area contributed by atoms with Gasteiger partial charge in [-0.05, 0) is 59.2 Å². The molecule has 6 nitrogen and oxygen atoms in total. The van der Waals surface area contributed by atoms with Gasteiger partial charge in [-0.2, -0.15) is 0 Å². The van der Waals surface area contributed by atoms with Crippen LogP contribution in [0, 0.1) is 11.3 Å². The average Bonchev–Trinajstić information content (AvgIpc) is 3.15. The molecule has 3 rings (SSSR count). The number of hydrogen-bond acceptors (Lipinski definition) is 3. The standard InChI is InChI=1S/C19H15Cl2N5OS/c20-6-3-17(27)26-16-9-14(21)2-1-13(16)11-25-19(28)24-10-12-4-7-22-18-15(12)5-8-23-18/h1-2,4-5,7-9H,10-11H2,(H,22,23)(H,26,27)(H2,24,25,28). The Balaban J connectivity index is 1.60. The molecule has 1 amide bonds. The number of anilines is 1. The second-order valence-corrected chi connectivity index (χ2v) is 6.76. The molecular formula is C19H15Cl2N5OS. The third kappa shape index (κ3) is 5.14. The lowest BCUT2D eigenvalue weighted by Gasteiger charge is -2.14. The lowest BCUT2D eigenvalue weighted by molar-refractivity contribution is -0.111. The van der Waals surface area contributed by atoms with E-state index in [2.05, 4.69) is 31.8 Å². The van der Waals surface area contributed by atoms with Crippen molar-refractivity contribution < 1.29 is 4.79 Å². The molecule has 0 aliphatic carbocycles. The Morgan fingerprint density at radius 1 is 1.18 bits per heavy atom. The third-order valence-corrected chi connectivity index (χ3v) is 4.53. The number of pyridine rings is 1. The predicted octanol–water partition coefficient (Wildman–Crippen LogP) is 3.52. The highest BCUT2D eigenvalue weighted by atomic mass is 35.5. The Hall–Kier alpha value is -2.79. The van der Waals surface area contributed by atoms with Crippen molar-refractivity contribution in [3.63, 3.8) is 0 Å². The molecular weight excluding hydrogens is 417 g/mol. The van der Waals surface area contributed by atoms with E-state index in [0.29, 0.717) is 28.9 Å². The van der Waals surface area contributed by atoms with Gasteiger partial charge in [-0.1, -0.05) is 17.7 Å². The molecule has 0 radical (unpaired) electrons. The Morgan fingerprint density at radius 2 is 1.96 bits per heavy atom. The van der Waals surface area contributed by atoms with E-state index in [9.17, 15) is 4.79 Å². The van der Waals surface area contributed by atoms with Crippen molar-refractivity contribution in [2.75, 3.05) is 5.32 Å². The van der Waals surface area contributed by atoms with Crippen molar-refractivity contribution in [2.24, 2.45) is 0 Å². The van der Waals surface area contributed by atoms with Gasteiger partial charge in [-0.25, -0.2) is 4.98 Å². The van der Waals surface area contributed by atoms with E-state index < -0.39 is 5.91 Å². The van der Waals surface area contributed by atoms with Crippen LogP contribution in [0.2, 0.25) is 5.02 Å². The number of amides is 1. The maximum Gasteiger partial charge on any atom is 0.301 e. The van der Waals surface area contributed by atoms with E-state index in [0.717, 1.165) is 22.2 Å². The predicted molar refractivity (Wildman–Crippen MR) is 116 cm³/mol. The van der Waals surface area contributed by atoms with Gasteiger partial charge in [0.2, 0.25) is 0 Å². The topological polar surface area (TPSA) is 81.8 Å². The second-order valence-electron chi connectivity index (χ2n) is 5.72. The van der Waals surface area contributed by atoms with Crippen LogP contribution in [0.4, 0.5) is 5.69 Å². The lowest BCUT2D eigenvalue weighted by Crippen LogP contribution is -2.34. The third-order valence-electron chi connectivity index (χ3n) is 3.91. The number of benzene rings is 1. The molecule has 1 aromatic carbocycles.